The highest BCUT2D eigenvalue weighted by Crippen LogP contribution is 2.25. The average molecular weight is 806 g/mol. The zero-order valence-electron chi connectivity index (χ0n) is 31.6. The van der Waals surface area contributed by atoms with Crippen LogP contribution >= 0.6 is 11.6 Å². The van der Waals surface area contributed by atoms with Crippen molar-refractivity contribution in [2.75, 3.05) is 91.4 Å². The maximum Gasteiger partial charge on any atom is 0.274 e. The molecule has 0 aliphatic carbocycles. The van der Waals surface area contributed by atoms with E-state index in [1.807, 2.05) is 48.5 Å². The van der Waals surface area contributed by atoms with E-state index in [-0.39, 0.29) is 66.0 Å². The van der Waals surface area contributed by atoms with Gasteiger partial charge >= 0.3 is 0 Å². The van der Waals surface area contributed by atoms with Crippen LogP contribution < -0.4 is 49.3 Å². The maximum absolute atomic E-state index is 13.3. The van der Waals surface area contributed by atoms with E-state index in [0.29, 0.717) is 37.8 Å². The number of piperidine rings is 1. The summed E-state index contributed by atoms with van der Waals surface area (Å²) in [7, 11) is 3.17. The van der Waals surface area contributed by atoms with E-state index in [4.69, 9.17) is 42.0 Å². The van der Waals surface area contributed by atoms with Gasteiger partial charge in [0.25, 0.3) is 17.7 Å². The number of carbonyl (C=O) groups excluding carboxylic acids is 3. The molecular weight excluding hydrogens is 751 g/mol. The second kappa shape index (κ2) is 23.5. The molecule has 0 radical (unpaired) electrons. The summed E-state index contributed by atoms with van der Waals surface area (Å²) in [5, 5.41) is 8.56. The fourth-order valence-corrected chi connectivity index (χ4v) is 6.67. The highest BCUT2D eigenvalue weighted by atomic mass is 35.5. The third kappa shape index (κ3) is 15.3. The lowest BCUT2D eigenvalue weighted by atomic mass is 9.99. The van der Waals surface area contributed by atoms with E-state index in [9.17, 15) is 14.4 Å². The minimum Gasteiger partial charge on any atom is -1.00 e. The van der Waals surface area contributed by atoms with Gasteiger partial charge in [0.15, 0.2) is 35.7 Å². The molecule has 15 nitrogen and oxygen atoms in total. The molecular formula is C38H54Cl2N8O7. The van der Waals surface area contributed by atoms with Gasteiger partial charge in [0.05, 0.1) is 45.4 Å². The SMILES string of the molecule is COCCNC(=O)COc1ccc(CCC[N+]2(CCCc3ccc(OCC(=O)NCCOC)cc3)CCC[C@H](NC(=O)c3nc(Cl)c(N)nc3N)C2)cc1.[Cl-]. The van der Waals surface area contributed by atoms with E-state index in [1.165, 1.54) is 11.1 Å². The van der Waals surface area contributed by atoms with Gasteiger partial charge in [0.1, 0.15) is 11.5 Å². The largest absolute Gasteiger partial charge is 1.00 e. The standard InChI is InChI=1S/C38H53ClN8O7.ClH/c1-51-22-17-42-32(48)25-53-30-13-9-27(10-14-30)6-3-19-47(20-4-7-28-11-15-31(16-12-28)54-26-33(49)43-18-23-52-2)21-5-8-29(24-47)44-38(50)34-36(40)46-37(41)35(39)45-34;/h9-16,29H,3-8,17-26H2,1-2H3,(H6-,40,41,42,43,44,46,48,49,50);1H/t29-;/m0./s1. The molecule has 2 heterocycles. The van der Waals surface area contributed by atoms with Crippen LogP contribution in [0.3, 0.4) is 0 Å². The van der Waals surface area contributed by atoms with Crippen molar-refractivity contribution in [2.45, 2.75) is 44.6 Å². The van der Waals surface area contributed by atoms with E-state index in [0.717, 1.165) is 69.2 Å². The minimum atomic E-state index is -0.420. The van der Waals surface area contributed by atoms with Crippen molar-refractivity contribution in [1.29, 1.82) is 0 Å². The number of ether oxygens (including phenoxy) is 4. The minimum absolute atomic E-state index is 0. The van der Waals surface area contributed by atoms with Gasteiger partial charge in [-0.3, -0.25) is 14.4 Å². The third-order valence-electron chi connectivity index (χ3n) is 9.29. The monoisotopic (exact) mass is 804 g/mol. The Morgan fingerprint density at radius 1 is 0.800 bits per heavy atom. The smallest absolute Gasteiger partial charge is 0.274 e. The molecule has 1 saturated heterocycles. The van der Waals surface area contributed by atoms with Gasteiger partial charge in [-0.1, -0.05) is 35.9 Å². The maximum atomic E-state index is 13.3. The molecule has 1 aliphatic rings. The number of anilines is 2. The molecule has 7 N–H and O–H groups in total. The Morgan fingerprint density at radius 3 is 1.80 bits per heavy atom. The second-order valence-electron chi connectivity index (χ2n) is 13.4. The molecule has 0 saturated carbocycles. The first-order valence-corrected chi connectivity index (χ1v) is 18.7. The van der Waals surface area contributed by atoms with Gasteiger partial charge in [0.2, 0.25) is 0 Å². The molecule has 2 aromatic carbocycles. The second-order valence-corrected chi connectivity index (χ2v) is 13.8. The summed E-state index contributed by atoms with van der Waals surface area (Å²) in [6.07, 6.45) is 5.41. The summed E-state index contributed by atoms with van der Waals surface area (Å²) < 4.78 is 22.0. The average Bonchev–Trinajstić information content (AvgIpc) is 3.16. The van der Waals surface area contributed by atoms with E-state index < -0.39 is 5.91 Å². The number of methoxy groups -OCH3 is 2. The fraction of sp³-hybridized carbons (Fsp3) is 0.500. The molecule has 55 heavy (non-hydrogen) atoms. The van der Waals surface area contributed by atoms with Gasteiger partial charge in [-0.05, 0) is 61.1 Å². The molecule has 4 rings (SSSR count). The summed E-state index contributed by atoms with van der Waals surface area (Å²) in [6, 6.07) is 15.6. The summed E-state index contributed by atoms with van der Waals surface area (Å²) in [5.41, 5.74) is 14.0. The normalized spacial score (nSPS) is 14.6. The number of quaternary nitrogens is 1. The van der Waals surface area contributed by atoms with Crippen LogP contribution in [0, 0.1) is 0 Å². The van der Waals surface area contributed by atoms with Crippen molar-refractivity contribution >= 4 is 41.0 Å². The molecule has 3 aromatic rings. The number of rotatable bonds is 22. The molecule has 3 amide bonds. The molecule has 1 atom stereocenters. The Balaban J connectivity index is 0.00000812. The quantitative estimate of drug-likeness (QED) is 0.0651. The predicted octanol–water partition coefficient (Wildman–Crippen LogP) is -0.444. The number of carbonyl (C=O) groups is 3. The Hall–Kier alpha value is -4.41. The predicted molar refractivity (Wildman–Crippen MR) is 206 cm³/mol. The van der Waals surface area contributed by atoms with E-state index >= 15 is 0 Å². The Kier molecular flexibility index (Phi) is 19.2. The summed E-state index contributed by atoms with van der Waals surface area (Å²) in [5.74, 6) is 0.369. The summed E-state index contributed by atoms with van der Waals surface area (Å²) >= 11 is 6.06. The topological polar surface area (TPSA) is 202 Å². The van der Waals surface area contributed by atoms with Crippen molar-refractivity contribution in [3.8, 4) is 11.5 Å². The van der Waals surface area contributed by atoms with Crippen LogP contribution in [0.5, 0.6) is 11.5 Å². The number of nitrogens with zero attached hydrogens (tertiary/aromatic N) is 3. The zero-order chi connectivity index (χ0) is 38.8. The van der Waals surface area contributed by atoms with E-state index in [2.05, 4.69) is 25.9 Å². The lowest BCUT2D eigenvalue weighted by molar-refractivity contribution is -0.933. The number of hydrogen-bond acceptors (Lipinski definition) is 11. The number of hydrogen-bond donors (Lipinski definition) is 5. The first kappa shape index (κ1) is 45.0. The molecule has 17 heteroatoms. The van der Waals surface area contributed by atoms with Crippen molar-refractivity contribution in [3.05, 3.63) is 70.5 Å². The van der Waals surface area contributed by atoms with Crippen LogP contribution in [0.15, 0.2) is 48.5 Å². The highest BCUT2D eigenvalue weighted by Gasteiger charge is 2.35. The summed E-state index contributed by atoms with van der Waals surface area (Å²) in [6.45, 7) is 5.28. The molecule has 1 aliphatic heterocycles. The van der Waals surface area contributed by atoms with Crippen LogP contribution in [0.1, 0.15) is 47.3 Å². The van der Waals surface area contributed by atoms with Crippen LogP contribution in [-0.2, 0) is 31.9 Å². The Morgan fingerprint density at radius 2 is 1.31 bits per heavy atom. The number of halogens is 2. The Bertz CT molecular complexity index is 1580. The van der Waals surface area contributed by atoms with Crippen molar-refractivity contribution < 1.29 is 50.2 Å². The van der Waals surface area contributed by atoms with Gasteiger partial charge in [-0.25, -0.2) is 9.97 Å². The van der Waals surface area contributed by atoms with Gasteiger partial charge in [-0.15, -0.1) is 0 Å². The van der Waals surface area contributed by atoms with Crippen molar-refractivity contribution in [2.24, 2.45) is 0 Å². The molecule has 1 aromatic heterocycles. The number of amides is 3. The lowest BCUT2D eigenvalue weighted by Crippen LogP contribution is -3.00. The third-order valence-corrected chi connectivity index (χ3v) is 9.57. The zero-order valence-corrected chi connectivity index (χ0v) is 33.1. The fourth-order valence-electron chi connectivity index (χ4n) is 6.55. The van der Waals surface area contributed by atoms with Crippen molar-refractivity contribution in [3.63, 3.8) is 0 Å². The van der Waals surface area contributed by atoms with Gasteiger partial charge in [0, 0.05) is 40.2 Å². The molecule has 0 bridgehead atoms. The first-order valence-electron chi connectivity index (χ1n) is 18.3. The number of nitrogens with two attached hydrogens (primary N) is 2. The molecule has 0 spiro atoms. The number of nitrogen functional groups attached to an aromatic ring is 2. The van der Waals surface area contributed by atoms with Crippen LogP contribution in [0.2, 0.25) is 5.15 Å². The molecule has 302 valence electrons. The highest BCUT2D eigenvalue weighted by molar-refractivity contribution is 6.31. The van der Waals surface area contributed by atoms with Crippen LogP contribution in [-0.4, -0.2) is 118 Å². The van der Waals surface area contributed by atoms with Gasteiger partial charge < -0.3 is 63.3 Å². The first-order chi connectivity index (χ1) is 26.1. The number of likely N-dealkylation sites (tertiary alicyclic amines) is 1. The number of nitrogens with one attached hydrogen (secondary N) is 3. The number of aryl methyl sites for hydroxylation is 2. The molecule has 1 fully saturated rings. The van der Waals surface area contributed by atoms with Gasteiger partial charge in [-0.2, -0.15) is 0 Å². The summed E-state index contributed by atoms with van der Waals surface area (Å²) in [4.78, 5) is 45.3. The number of benzene rings is 2. The van der Waals surface area contributed by atoms with Crippen LogP contribution in [0.4, 0.5) is 11.6 Å². The van der Waals surface area contributed by atoms with Crippen molar-refractivity contribution in [1.82, 2.24) is 25.9 Å². The lowest BCUT2D eigenvalue weighted by Gasteiger charge is -2.45. The van der Waals surface area contributed by atoms with Crippen LogP contribution in [0.25, 0.3) is 0 Å². The number of aromatic nitrogens is 2. The molecule has 0 unspecified atom stereocenters. The Labute approximate surface area is 334 Å². The van der Waals surface area contributed by atoms with E-state index in [1.54, 1.807) is 14.2 Å².